The largest absolute Gasteiger partial charge is 0.273 e. The third-order valence-corrected chi connectivity index (χ3v) is 3.26. The van der Waals surface area contributed by atoms with E-state index < -0.39 is 0 Å². The van der Waals surface area contributed by atoms with Crippen LogP contribution < -0.4 is 10.9 Å². The van der Waals surface area contributed by atoms with Crippen molar-refractivity contribution >= 4 is 23.4 Å². The molecule has 0 saturated carbocycles. The summed E-state index contributed by atoms with van der Waals surface area (Å²) >= 11 is 5.80. The van der Waals surface area contributed by atoms with Crippen LogP contribution in [0, 0.1) is 5.92 Å². The summed E-state index contributed by atoms with van der Waals surface area (Å²) in [5, 5.41) is 0.483. The maximum atomic E-state index is 11.8. The average molecular weight is 279 g/mol. The normalized spacial score (nSPS) is 17.8. The molecule has 5 heteroatoms. The Morgan fingerprint density at radius 2 is 2.05 bits per heavy atom. The first kappa shape index (κ1) is 13.6. The van der Waals surface area contributed by atoms with Crippen molar-refractivity contribution in [3.8, 4) is 0 Å². The molecule has 0 saturated heterocycles. The molecule has 2 N–H and O–H groups in total. The predicted molar refractivity (Wildman–Crippen MR) is 73.5 cm³/mol. The zero-order valence-corrected chi connectivity index (χ0v) is 11.1. The van der Waals surface area contributed by atoms with Crippen LogP contribution in [0.4, 0.5) is 0 Å². The SMILES string of the molecule is O=C(NNC(=O)[C@H]1CC=CCC1)c1cccc(Cl)c1. The highest BCUT2D eigenvalue weighted by molar-refractivity contribution is 6.30. The molecule has 0 heterocycles. The monoisotopic (exact) mass is 278 g/mol. The number of nitrogens with one attached hydrogen (secondary N) is 2. The molecule has 0 aromatic heterocycles. The molecule has 4 nitrogen and oxygen atoms in total. The molecule has 1 atom stereocenters. The first-order chi connectivity index (χ1) is 9.16. The number of allylic oxidation sites excluding steroid dienone is 2. The zero-order chi connectivity index (χ0) is 13.7. The van der Waals surface area contributed by atoms with Crippen molar-refractivity contribution in [2.75, 3.05) is 0 Å². The Kier molecular flexibility index (Phi) is 4.58. The molecule has 1 aromatic carbocycles. The zero-order valence-electron chi connectivity index (χ0n) is 10.4. The van der Waals surface area contributed by atoms with Crippen LogP contribution in [0.25, 0.3) is 0 Å². The van der Waals surface area contributed by atoms with Gasteiger partial charge in [-0.3, -0.25) is 20.4 Å². The van der Waals surface area contributed by atoms with Gasteiger partial charge in [0.2, 0.25) is 5.91 Å². The topological polar surface area (TPSA) is 58.2 Å². The molecule has 19 heavy (non-hydrogen) atoms. The minimum Gasteiger partial charge on any atom is -0.273 e. The van der Waals surface area contributed by atoms with Crippen molar-refractivity contribution in [1.29, 1.82) is 0 Å². The van der Waals surface area contributed by atoms with Crippen molar-refractivity contribution in [2.24, 2.45) is 5.92 Å². The number of amides is 2. The lowest BCUT2D eigenvalue weighted by molar-refractivity contribution is -0.126. The van der Waals surface area contributed by atoms with Crippen molar-refractivity contribution in [3.63, 3.8) is 0 Å². The molecule has 0 radical (unpaired) electrons. The summed E-state index contributed by atoms with van der Waals surface area (Å²) in [5.74, 6) is -0.591. The average Bonchev–Trinajstić information content (AvgIpc) is 2.45. The fraction of sp³-hybridized carbons (Fsp3) is 0.286. The summed E-state index contributed by atoms with van der Waals surface area (Å²) in [6.45, 7) is 0. The number of hydrogen-bond donors (Lipinski definition) is 2. The van der Waals surface area contributed by atoms with Crippen LogP contribution >= 0.6 is 11.6 Å². The van der Waals surface area contributed by atoms with Crippen LogP contribution in [-0.2, 0) is 4.79 Å². The number of carbonyl (C=O) groups excluding carboxylic acids is 2. The molecule has 0 unspecified atom stereocenters. The second kappa shape index (κ2) is 6.38. The van der Waals surface area contributed by atoms with E-state index in [1.165, 1.54) is 0 Å². The fourth-order valence-corrected chi connectivity index (χ4v) is 2.14. The van der Waals surface area contributed by atoms with Gasteiger partial charge in [0.15, 0.2) is 0 Å². The van der Waals surface area contributed by atoms with Gasteiger partial charge in [-0.1, -0.05) is 29.8 Å². The molecule has 0 fully saturated rings. The van der Waals surface area contributed by atoms with Crippen LogP contribution in [0.15, 0.2) is 36.4 Å². The molecule has 1 aliphatic rings. The minimum absolute atomic E-state index is 0.0651. The van der Waals surface area contributed by atoms with Gasteiger partial charge in [-0.05, 0) is 37.5 Å². The molecule has 0 spiro atoms. The Balaban J connectivity index is 1.86. The Hall–Kier alpha value is -1.81. The molecular weight excluding hydrogens is 264 g/mol. The molecule has 2 amide bonds. The van der Waals surface area contributed by atoms with E-state index in [0.29, 0.717) is 10.6 Å². The number of halogens is 1. The van der Waals surface area contributed by atoms with Gasteiger partial charge >= 0.3 is 0 Å². The van der Waals surface area contributed by atoms with Gasteiger partial charge in [-0.25, -0.2) is 0 Å². The molecule has 0 aliphatic heterocycles. The lowest BCUT2D eigenvalue weighted by Gasteiger charge is -2.17. The maximum absolute atomic E-state index is 11.8. The first-order valence-electron chi connectivity index (χ1n) is 6.17. The van der Waals surface area contributed by atoms with Crippen molar-refractivity contribution in [3.05, 3.63) is 47.0 Å². The van der Waals surface area contributed by atoms with E-state index in [9.17, 15) is 9.59 Å². The van der Waals surface area contributed by atoms with E-state index >= 15 is 0 Å². The van der Waals surface area contributed by atoms with Crippen molar-refractivity contribution in [2.45, 2.75) is 19.3 Å². The molecule has 2 rings (SSSR count). The first-order valence-corrected chi connectivity index (χ1v) is 6.55. The lowest BCUT2D eigenvalue weighted by Crippen LogP contribution is -2.44. The number of rotatable bonds is 2. The van der Waals surface area contributed by atoms with E-state index in [-0.39, 0.29) is 17.7 Å². The highest BCUT2D eigenvalue weighted by Crippen LogP contribution is 2.17. The Morgan fingerprint density at radius 3 is 2.74 bits per heavy atom. The third-order valence-electron chi connectivity index (χ3n) is 3.03. The highest BCUT2D eigenvalue weighted by Gasteiger charge is 2.19. The van der Waals surface area contributed by atoms with E-state index in [4.69, 9.17) is 11.6 Å². The molecule has 1 aromatic rings. The maximum Gasteiger partial charge on any atom is 0.269 e. The van der Waals surface area contributed by atoms with Gasteiger partial charge in [0, 0.05) is 16.5 Å². The van der Waals surface area contributed by atoms with Gasteiger partial charge in [0.1, 0.15) is 0 Å². The molecular formula is C14H15ClN2O2. The van der Waals surface area contributed by atoms with Crippen molar-refractivity contribution in [1.82, 2.24) is 10.9 Å². The summed E-state index contributed by atoms with van der Waals surface area (Å²) in [7, 11) is 0. The summed E-state index contributed by atoms with van der Waals surface area (Å²) in [4.78, 5) is 23.6. The smallest absolute Gasteiger partial charge is 0.269 e. The van der Waals surface area contributed by atoms with Crippen LogP contribution in [0.2, 0.25) is 5.02 Å². The third kappa shape index (κ3) is 3.83. The van der Waals surface area contributed by atoms with E-state index in [1.54, 1.807) is 24.3 Å². The van der Waals surface area contributed by atoms with Crippen LogP contribution in [-0.4, -0.2) is 11.8 Å². The Bertz CT molecular complexity index is 514. The lowest BCUT2D eigenvalue weighted by atomic mass is 9.94. The summed E-state index contributed by atoms with van der Waals surface area (Å²) in [6.07, 6.45) is 6.50. The van der Waals surface area contributed by atoms with Gasteiger partial charge < -0.3 is 0 Å². The second-order valence-electron chi connectivity index (χ2n) is 4.44. The van der Waals surface area contributed by atoms with Gasteiger partial charge in [0.25, 0.3) is 5.91 Å². The summed E-state index contributed by atoms with van der Waals surface area (Å²) in [5.41, 5.74) is 5.27. The number of hydrazine groups is 1. The Labute approximate surface area is 116 Å². The molecule has 1 aliphatic carbocycles. The van der Waals surface area contributed by atoms with E-state index in [0.717, 1.165) is 19.3 Å². The standard InChI is InChI=1S/C14H15ClN2O2/c15-12-8-4-7-11(9-12)14(19)17-16-13(18)10-5-2-1-3-6-10/h1-2,4,7-10H,3,5-6H2,(H,16,18)(H,17,19)/t10-/m0/s1. The van der Waals surface area contributed by atoms with Gasteiger partial charge in [-0.15, -0.1) is 0 Å². The number of carbonyl (C=O) groups is 2. The van der Waals surface area contributed by atoms with Crippen LogP contribution in [0.5, 0.6) is 0 Å². The van der Waals surface area contributed by atoms with E-state index in [1.807, 2.05) is 6.08 Å². The van der Waals surface area contributed by atoms with Gasteiger partial charge in [-0.2, -0.15) is 0 Å². The van der Waals surface area contributed by atoms with Crippen molar-refractivity contribution < 1.29 is 9.59 Å². The summed E-state index contributed by atoms with van der Waals surface area (Å²) < 4.78 is 0. The Morgan fingerprint density at radius 1 is 1.21 bits per heavy atom. The fourth-order valence-electron chi connectivity index (χ4n) is 1.95. The predicted octanol–water partition coefficient (Wildman–Crippen LogP) is 2.46. The number of hydrogen-bond acceptors (Lipinski definition) is 2. The summed E-state index contributed by atoms with van der Waals surface area (Å²) in [6, 6.07) is 6.55. The van der Waals surface area contributed by atoms with Crippen LogP contribution in [0.3, 0.4) is 0 Å². The quantitative estimate of drug-likeness (QED) is 0.645. The second-order valence-corrected chi connectivity index (χ2v) is 4.87. The molecule has 0 bridgehead atoms. The minimum atomic E-state index is -0.373. The van der Waals surface area contributed by atoms with Gasteiger partial charge in [0.05, 0.1) is 0 Å². The van der Waals surface area contributed by atoms with E-state index in [2.05, 4.69) is 16.9 Å². The molecule has 100 valence electrons. The highest BCUT2D eigenvalue weighted by atomic mass is 35.5. The number of benzene rings is 1. The van der Waals surface area contributed by atoms with Crippen LogP contribution in [0.1, 0.15) is 29.6 Å².